The van der Waals surface area contributed by atoms with Gasteiger partial charge in [0.1, 0.15) is 0 Å². The maximum absolute atomic E-state index is 2.48. The van der Waals surface area contributed by atoms with Crippen molar-refractivity contribution in [3.8, 4) is 32.7 Å². The number of anilines is 6. The van der Waals surface area contributed by atoms with Crippen LogP contribution in [0.3, 0.4) is 0 Å². The van der Waals surface area contributed by atoms with Crippen molar-refractivity contribution in [3.63, 3.8) is 0 Å². The summed E-state index contributed by atoms with van der Waals surface area (Å²) in [5.41, 5.74) is 17.8. The standard InChI is InChI=1S/C61H40N2S/c1-4-19-41(20-5-1)43-23-16-28-46(39-43)63(45-26-8-3-9-27-45)56-35-18-33-54-58(56)49-30-12-14-32-52(49)61(54)53-38-37-47(40-51(53)60-59(61)50-31-13-15-36-57(50)64-60)62(44-24-6-2-7-25-44)55-34-17-22-42-21-10-11-29-48(42)55/h1-40H. The summed E-state index contributed by atoms with van der Waals surface area (Å²) < 4.78 is 1.31. The lowest BCUT2D eigenvalue weighted by Crippen LogP contribution is -2.26. The van der Waals surface area contributed by atoms with Gasteiger partial charge in [-0.15, -0.1) is 11.3 Å². The molecule has 0 radical (unpaired) electrons. The highest BCUT2D eigenvalue weighted by Gasteiger charge is 2.54. The van der Waals surface area contributed by atoms with Gasteiger partial charge in [-0.2, -0.15) is 0 Å². The Morgan fingerprint density at radius 1 is 0.344 bits per heavy atom. The molecular formula is C61H40N2S. The van der Waals surface area contributed by atoms with E-state index in [0.29, 0.717) is 0 Å². The van der Waals surface area contributed by atoms with Gasteiger partial charge in [-0.25, -0.2) is 0 Å². The summed E-state index contributed by atoms with van der Waals surface area (Å²) in [5.74, 6) is 0. The van der Waals surface area contributed by atoms with Gasteiger partial charge in [-0.1, -0.05) is 176 Å². The molecule has 1 heterocycles. The summed E-state index contributed by atoms with van der Waals surface area (Å²) in [6.07, 6.45) is 0. The second kappa shape index (κ2) is 14.6. The maximum atomic E-state index is 2.48. The first-order valence-electron chi connectivity index (χ1n) is 22.0. The lowest BCUT2D eigenvalue weighted by molar-refractivity contribution is 0.802. The topological polar surface area (TPSA) is 6.48 Å². The van der Waals surface area contributed by atoms with E-state index in [4.69, 9.17) is 0 Å². The zero-order valence-electron chi connectivity index (χ0n) is 34.9. The second-order valence-electron chi connectivity index (χ2n) is 16.8. The molecule has 1 atom stereocenters. The Kier molecular flexibility index (Phi) is 8.34. The molecule has 0 bridgehead atoms. The van der Waals surface area contributed by atoms with Crippen molar-refractivity contribution in [2.75, 3.05) is 9.80 Å². The van der Waals surface area contributed by atoms with Crippen LogP contribution in [0.1, 0.15) is 22.3 Å². The van der Waals surface area contributed by atoms with Crippen molar-refractivity contribution in [2.24, 2.45) is 0 Å². The minimum Gasteiger partial charge on any atom is -0.310 e. The van der Waals surface area contributed by atoms with Gasteiger partial charge < -0.3 is 9.80 Å². The Bertz CT molecular complexity index is 3570. The predicted octanol–water partition coefficient (Wildman–Crippen LogP) is 17.0. The normalized spacial score (nSPS) is 14.3. The van der Waals surface area contributed by atoms with Crippen molar-refractivity contribution >= 4 is 66.3 Å². The van der Waals surface area contributed by atoms with Gasteiger partial charge in [0.2, 0.25) is 0 Å². The zero-order valence-corrected chi connectivity index (χ0v) is 35.7. The molecule has 1 unspecified atom stereocenters. The first kappa shape index (κ1) is 36.7. The SMILES string of the molecule is c1ccc(-c2cccc(N(c3ccccc3)c3cccc4c3-c3ccccc3C43c4ccc(N(c5ccccc5)c5cccc6ccccc56)cc4-c4sc5ccccc5c43)c2)cc1. The van der Waals surface area contributed by atoms with Crippen molar-refractivity contribution in [3.05, 3.63) is 265 Å². The molecule has 1 aromatic heterocycles. The maximum Gasteiger partial charge on any atom is 0.0740 e. The Labute approximate surface area is 377 Å². The van der Waals surface area contributed by atoms with Gasteiger partial charge in [-0.3, -0.25) is 0 Å². The minimum absolute atomic E-state index is 0.546. The molecule has 1 spiro atoms. The minimum atomic E-state index is -0.546. The van der Waals surface area contributed by atoms with Crippen LogP contribution in [0.4, 0.5) is 34.1 Å². The third-order valence-electron chi connectivity index (χ3n) is 13.4. The van der Waals surface area contributed by atoms with Crippen LogP contribution in [0.5, 0.6) is 0 Å². The molecule has 10 aromatic carbocycles. The Hall–Kier alpha value is -7.98. The van der Waals surface area contributed by atoms with Crippen LogP contribution in [-0.2, 0) is 5.41 Å². The molecule has 0 aliphatic heterocycles. The van der Waals surface area contributed by atoms with Crippen molar-refractivity contribution in [1.29, 1.82) is 0 Å². The summed E-state index contributed by atoms with van der Waals surface area (Å²) >= 11 is 1.93. The van der Waals surface area contributed by atoms with Crippen LogP contribution in [0.2, 0.25) is 0 Å². The summed E-state index contributed by atoms with van der Waals surface area (Å²) in [6.45, 7) is 0. The summed E-state index contributed by atoms with van der Waals surface area (Å²) in [5, 5.41) is 3.76. The molecule has 3 heteroatoms. The molecule has 0 fully saturated rings. The molecule has 13 rings (SSSR count). The number of hydrogen-bond donors (Lipinski definition) is 0. The van der Waals surface area contributed by atoms with Gasteiger partial charge in [0.05, 0.1) is 16.8 Å². The van der Waals surface area contributed by atoms with Gasteiger partial charge in [0.15, 0.2) is 0 Å². The van der Waals surface area contributed by atoms with Crippen LogP contribution in [0.25, 0.3) is 53.6 Å². The van der Waals surface area contributed by atoms with E-state index in [9.17, 15) is 0 Å². The lowest BCUT2D eigenvalue weighted by atomic mass is 9.70. The largest absolute Gasteiger partial charge is 0.310 e. The number of hydrogen-bond acceptors (Lipinski definition) is 3. The molecule has 2 aliphatic rings. The molecule has 11 aromatic rings. The molecule has 2 aliphatic carbocycles. The third kappa shape index (κ3) is 5.38. The fraction of sp³-hybridized carbons (Fsp3) is 0.0164. The van der Waals surface area contributed by atoms with E-state index < -0.39 is 5.41 Å². The van der Waals surface area contributed by atoms with Crippen LogP contribution in [0.15, 0.2) is 243 Å². The van der Waals surface area contributed by atoms with Gasteiger partial charge in [0, 0.05) is 43.3 Å². The van der Waals surface area contributed by atoms with E-state index in [1.54, 1.807) is 0 Å². The molecular weight excluding hydrogens is 793 g/mol. The summed E-state index contributed by atoms with van der Waals surface area (Å²) in [6, 6.07) is 89.3. The molecule has 0 amide bonds. The van der Waals surface area contributed by atoms with Gasteiger partial charge >= 0.3 is 0 Å². The van der Waals surface area contributed by atoms with Gasteiger partial charge in [-0.05, 0) is 122 Å². The second-order valence-corrected chi connectivity index (χ2v) is 17.8. The highest BCUT2D eigenvalue weighted by molar-refractivity contribution is 7.22. The van der Waals surface area contributed by atoms with Gasteiger partial charge in [0.25, 0.3) is 0 Å². The Morgan fingerprint density at radius 3 is 1.70 bits per heavy atom. The quantitative estimate of drug-likeness (QED) is 0.158. The van der Waals surface area contributed by atoms with Crippen LogP contribution in [-0.4, -0.2) is 0 Å². The van der Waals surface area contributed by atoms with Crippen LogP contribution in [0, 0.1) is 0 Å². The molecule has 64 heavy (non-hydrogen) atoms. The Balaban J connectivity index is 1.08. The van der Waals surface area contributed by atoms with E-state index in [1.807, 2.05) is 11.3 Å². The number of benzene rings is 10. The molecule has 2 nitrogen and oxygen atoms in total. The molecule has 0 saturated carbocycles. The van der Waals surface area contributed by atoms with E-state index in [2.05, 4.69) is 252 Å². The average molecular weight is 833 g/mol. The number of nitrogens with zero attached hydrogens (tertiary/aromatic N) is 2. The number of para-hydroxylation sites is 2. The average Bonchev–Trinajstić information content (AvgIpc) is 3.99. The smallest absolute Gasteiger partial charge is 0.0740 e. The van der Waals surface area contributed by atoms with Crippen molar-refractivity contribution < 1.29 is 0 Å². The van der Waals surface area contributed by atoms with Crippen molar-refractivity contribution in [2.45, 2.75) is 5.41 Å². The first-order chi connectivity index (χ1) is 31.8. The van der Waals surface area contributed by atoms with E-state index in [-0.39, 0.29) is 0 Å². The molecule has 300 valence electrons. The highest BCUT2D eigenvalue weighted by atomic mass is 32.1. The van der Waals surface area contributed by atoms with Crippen LogP contribution >= 0.6 is 11.3 Å². The lowest BCUT2D eigenvalue weighted by Gasteiger charge is -2.32. The third-order valence-corrected chi connectivity index (χ3v) is 14.6. The fourth-order valence-electron chi connectivity index (χ4n) is 10.9. The monoisotopic (exact) mass is 832 g/mol. The first-order valence-corrected chi connectivity index (χ1v) is 22.8. The molecule has 0 saturated heterocycles. The Morgan fingerprint density at radius 2 is 0.891 bits per heavy atom. The summed E-state index contributed by atoms with van der Waals surface area (Å²) in [4.78, 5) is 6.25. The van der Waals surface area contributed by atoms with E-state index in [0.717, 1.165) is 34.1 Å². The number of rotatable bonds is 7. The number of thiophene rings is 1. The fourth-order valence-corrected chi connectivity index (χ4v) is 12.1. The highest BCUT2D eigenvalue weighted by Crippen LogP contribution is 2.68. The van der Waals surface area contributed by atoms with E-state index in [1.165, 1.54) is 75.8 Å². The zero-order chi connectivity index (χ0) is 42.2. The van der Waals surface area contributed by atoms with E-state index >= 15 is 0 Å². The molecule has 0 N–H and O–H groups in total. The predicted molar refractivity (Wildman–Crippen MR) is 270 cm³/mol. The van der Waals surface area contributed by atoms with Crippen LogP contribution < -0.4 is 9.80 Å². The van der Waals surface area contributed by atoms with Crippen molar-refractivity contribution in [1.82, 2.24) is 0 Å². The number of fused-ring (bicyclic) bond motifs is 13. The summed E-state index contributed by atoms with van der Waals surface area (Å²) in [7, 11) is 0.